The molecule has 2 heterocycles. The molecule has 0 aliphatic heterocycles. The minimum Gasteiger partial charge on any atom is -0.248 e. The van der Waals surface area contributed by atoms with Crippen LogP contribution >= 0.6 is 23.2 Å². The van der Waals surface area contributed by atoms with Gasteiger partial charge >= 0.3 is 0 Å². The van der Waals surface area contributed by atoms with Gasteiger partial charge in [-0.3, -0.25) is 0 Å². The molecule has 0 bridgehead atoms. The Morgan fingerprint density at radius 3 is 2.59 bits per heavy atom. The smallest absolute Gasteiger partial charge is 0.221 e. The number of hydrogen-bond donors (Lipinski definition) is 0. The lowest BCUT2D eigenvalue weighted by atomic mass is 10.2. The number of benzene rings is 1. The summed E-state index contributed by atoms with van der Waals surface area (Å²) in [4.78, 5) is 8.54. The summed E-state index contributed by atoms with van der Waals surface area (Å²) >= 11 is 12.1. The number of halogens is 2. The average molecular weight is 337 g/mol. The first kappa shape index (κ1) is 15.0. The molecule has 0 saturated heterocycles. The van der Waals surface area contributed by atoms with Crippen LogP contribution in [0.5, 0.6) is 0 Å². The van der Waals surface area contributed by atoms with Crippen molar-refractivity contribution in [1.82, 2.24) is 29.5 Å². The van der Waals surface area contributed by atoms with Crippen LogP contribution < -0.4 is 0 Å². The van der Waals surface area contributed by atoms with E-state index in [1.807, 2.05) is 16.8 Å². The van der Waals surface area contributed by atoms with Crippen molar-refractivity contribution in [3.63, 3.8) is 0 Å². The van der Waals surface area contributed by atoms with E-state index in [-0.39, 0.29) is 0 Å². The van der Waals surface area contributed by atoms with Crippen LogP contribution in [0.1, 0.15) is 19.2 Å². The van der Waals surface area contributed by atoms with Gasteiger partial charge in [0.2, 0.25) is 5.28 Å². The third kappa shape index (κ3) is 3.13. The standard InChI is InChI=1S/C14H14Cl2N6/c1-2-7-21-12(17-9-18-21)8-22-14(16)19-13(20-22)10-3-5-11(15)6-4-10/h3-6,9H,2,7-8H2,1H3. The summed E-state index contributed by atoms with van der Waals surface area (Å²) in [5.74, 6) is 1.36. The summed E-state index contributed by atoms with van der Waals surface area (Å²) in [6, 6.07) is 7.31. The minimum absolute atomic E-state index is 0.316. The van der Waals surface area contributed by atoms with Gasteiger partial charge in [-0.05, 0) is 42.3 Å². The third-order valence-corrected chi connectivity index (χ3v) is 3.68. The molecule has 114 valence electrons. The van der Waals surface area contributed by atoms with Gasteiger partial charge in [0, 0.05) is 17.1 Å². The van der Waals surface area contributed by atoms with Crippen LogP contribution in [0.3, 0.4) is 0 Å². The minimum atomic E-state index is 0.316. The van der Waals surface area contributed by atoms with Gasteiger partial charge in [-0.1, -0.05) is 18.5 Å². The third-order valence-electron chi connectivity index (χ3n) is 3.15. The van der Waals surface area contributed by atoms with Crippen LogP contribution in [0.25, 0.3) is 11.4 Å². The molecule has 0 amide bonds. The molecule has 0 unspecified atom stereocenters. The lowest BCUT2D eigenvalue weighted by Gasteiger charge is -2.04. The first-order chi connectivity index (χ1) is 10.7. The second-order valence-electron chi connectivity index (χ2n) is 4.77. The molecule has 0 aliphatic rings. The van der Waals surface area contributed by atoms with Crippen LogP contribution in [0, 0.1) is 0 Å². The second-order valence-corrected chi connectivity index (χ2v) is 5.54. The highest BCUT2D eigenvalue weighted by Crippen LogP contribution is 2.20. The number of hydrogen-bond acceptors (Lipinski definition) is 4. The maximum Gasteiger partial charge on any atom is 0.221 e. The van der Waals surface area contributed by atoms with E-state index in [4.69, 9.17) is 23.2 Å². The maximum atomic E-state index is 6.18. The Morgan fingerprint density at radius 1 is 1.09 bits per heavy atom. The lowest BCUT2D eigenvalue weighted by molar-refractivity contribution is 0.539. The molecule has 8 heteroatoms. The van der Waals surface area contributed by atoms with E-state index in [0.29, 0.717) is 22.7 Å². The molecule has 3 rings (SSSR count). The van der Waals surface area contributed by atoms with Crippen molar-refractivity contribution in [1.29, 1.82) is 0 Å². The van der Waals surface area contributed by atoms with Crippen LogP contribution in [-0.2, 0) is 13.1 Å². The van der Waals surface area contributed by atoms with E-state index in [1.54, 1.807) is 16.8 Å². The molecule has 0 fully saturated rings. The van der Waals surface area contributed by atoms with Gasteiger partial charge in [0.15, 0.2) is 5.82 Å². The Hall–Kier alpha value is -1.92. The Labute approximate surface area is 137 Å². The Morgan fingerprint density at radius 2 is 1.86 bits per heavy atom. The fourth-order valence-electron chi connectivity index (χ4n) is 2.09. The van der Waals surface area contributed by atoms with Gasteiger partial charge in [0.1, 0.15) is 18.7 Å². The topological polar surface area (TPSA) is 61.4 Å². The molecule has 0 aliphatic carbocycles. The molecule has 0 radical (unpaired) electrons. The van der Waals surface area contributed by atoms with Crippen molar-refractivity contribution in [2.75, 3.05) is 0 Å². The number of aryl methyl sites for hydroxylation is 1. The second kappa shape index (κ2) is 6.46. The van der Waals surface area contributed by atoms with Crippen molar-refractivity contribution < 1.29 is 0 Å². The van der Waals surface area contributed by atoms with Crippen molar-refractivity contribution >= 4 is 23.2 Å². The number of rotatable bonds is 5. The normalized spacial score (nSPS) is 11.0. The summed E-state index contributed by atoms with van der Waals surface area (Å²) in [7, 11) is 0. The highest BCUT2D eigenvalue weighted by molar-refractivity contribution is 6.30. The Balaban J connectivity index is 1.86. The highest BCUT2D eigenvalue weighted by Gasteiger charge is 2.13. The fraction of sp³-hybridized carbons (Fsp3) is 0.286. The molecule has 3 aromatic rings. The molecular weight excluding hydrogens is 323 g/mol. The van der Waals surface area contributed by atoms with E-state index in [1.165, 1.54) is 6.33 Å². The van der Waals surface area contributed by atoms with Gasteiger partial charge in [-0.15, -0.1) is 5.10 Å². The zero-order valence-corrected chi connectivity index (χ0v) is 13.5. The van der Waals surface area contributed by atoms with Gasteiger partial charge in [0.05, 0.1) is 0 Å². The quantitative estimate of drug-likeness (QED) is 0.717. The largest absolute Gasteiger partial charge is 0.248 e. The predicted octanol–water partition coefficient (Wildman–Crippen LogP) is 3.30. The van der Waals surface area contributed by atoms with E-state index < -0.39 is 0 Å². The SMILES string of the molecule is CCCn1ncnc1Cn1nc(-c2ccc(Cl)cc2)nc1Cl. The van der Waals surface area contributed by atoms with Crippen LogP contribution in [0.15, 0.2) is 30.6 Å². The predicted molar refractivity (Wildman–Crippen MR) is 84.9 cm³/mol. The average Bonchev–Trinajstić information content (AvgIpc) is 3.09. The van der Waals surface area contributed by atoms with E-state index >= 15 is 0 Å². The molecule has 0 atom stereocenters. The summed E-state index contributed by atoms with van der Waals surface area (Å²) in [5, 5.41) is 9.61. The molecule has 1 aromatic carbocycles. The van der Waals surface area contributed by atoms with Crippen LogP contribution in [0.4, 0.5) is 0 Å². The van der Waals surface area contributed by atoms with Crippen molar-refractivity contribution in [3.05, 3.63) is 46.7 Å². The molecular formula is C14H14Cl2N6. The van der Waals surface area contributed by atoms with Crippen LogP contribution in [0.2, 0.25) is 10.3 Å². The first-order valence-corrected chi connectivity index (χ1v) is 7.66. The van der Waals surface area contributed by atoms with Crippen molar-refractivity contribution in [3.8, 4) is 11.4 Å². The van der Waals surface area contributed by atoms with Gasteiger partial charge < -0.3 is 0 Å². The van der Waals surface area contributed by atoms with Gasteiger partial charge in [0.25, 0.3) is 0 Å². The zero-order chi connectivity index (χ0) is 15.5. The number of aromatic nitrogens is 6. The molecule has 6 nitrogen and oxygen atoms in total. The fourth-order valence-corrected chi connectivity index (χ4v) is 2.39. The van der Waals surface area contributed by atoms with Gasteiger partial charge in [-0.25, -0.2) is 14.3 Å². The molecule has 0 N–H and O–H groups in total. The van der Waals surface area contributed by atoms with E-state index in [2.05, 4.69) is 27.1 Å². The summed E-state index contributed by atoms with van der Waals surface area (Å²) < 4.78 is 3.46. The molecule has 0 saturated carbocycles. The van der Waals surface area contributed by atoms with Crippen LogP contribution in [-0.4, -0.2) is 29.5 Å². The van der Waals surface area contributed by atoms with E-state index in [9.17, 15) is 0 Å². The molecule has 0 spiro atoms. The van der Waals surface area contributed by atoms with Crippen molar-refractivity contribution in [2.24, 2.45) is 0 Å². The Kier molecular flexibility index (Phi) is 4.40. The number of nitrogens with zero attached hydrogens (tertiary/aromatic N) is 6. The van der Waals surface area contributed by atoms with E-state index in [0.717, 1.165) is 24.4 Å². The first-order valence-electron chi connectivity index (χ1n) is 6.90. The lowest BCUT2D eigenvalue weighted by Crippen LogP contribution is -2.11. The zero-order valence-electron chi connectivity index (χ0n) is 11.9. The molecule has 2 aromatic heterocycles. The summed E-state index contributed by atoms with van der Waals surface area (Å²) in [6.07, 6.45) is 2.52. The Bertz CT molecular complexity index is 762. The molecule has 22 heavy (non-hydrogen) atoms. The summed E-state index contributed by atoms with van der Waals surface area (Å²) in [6.45, 7) is 3.33. The summed E-state index contributed by atoms with van der Waals surface area (Å²) in [5.41, 5.74) is 0.861. The van der Waals surface area contributed by atoms with Gasteiger partial charge in [-0.2, -0.15) is 10.1 Å². The monoisotopic (exact) mass is 336 g/mol. The highest BCUT2D eigenvalue weighted by atomic mass is 35.5. The maximum absolute atomic E-state index is 6.18. The van der Waals surface area contributed by atoms with Crippen molar-refractivity contribution in [2.45, 2.75) is 26.4 Å².